The number of rotatable bonds is 4. The van der Waals surface area contributed by atoms with Gasteiger partial charge in [-0.1, -0.05) is 12.1 Å². The van der Waals surface area contributed by atoms with Crippen LogP contribution in [0.15, 0.2) is 36.7 Å². The Hall–Kier alpha value is -2.02. The molecule has 2 aromatic rings. The van der Waals surface area contributed by atoms with Crippen LogP contribution >= 0.6 is 0 Å². The summed E-state index contributed by atoms with van der Waals surface area (Å²) < 4.78 is 5.83. The summed E-state index contributed by atoms with van der Waals surface area (Å²) in [4.78, 5) is 21.7. The first kappa shape index (κ1) is 19.3. The molecule has 0 bridgehead atoms. The molecule has 4 atom stereocenters. The van der Waals surface area contributed by atoms with E-state index in [4.69, 9.17) is 4.74 Å². The van der Waals surface area contributed by atoms with E-state index < -0.39 is 0 Å². The van der Waals surface area contributed by atoms with Crippen molar-refractivity contribution in [2.45, 2.75) is 26.1 Å². The zero-order chi connectivity index (χ0) is 19.7. The molecule has 4 rings (SSSR count). The van der Waals surface area contributed by atoms with Crippen molar-refractivity contribution in [3.05, 3.63) is 42.2 Å². The minimum atomic E-state index is 0.0430. The SMILES string of the molecule is C[C@@H]1CN(C[C@@H]2CN(C(=O)c3cccc4cnccc34)C[C@@H]2CO)C[C@H](C)O1. The predicted molar refractivity (Wildman–Crippen MR) is 108 cm³/mol. The molecule has 150 valence electrons. The third kappa shape index (κ3) is 3.90. The molecule has 1 aromatic carbocycles. The third-order valence-electron chi connectivity index (χ3n) is 6.00. The van der Waals surface area contributed by atoms with Gasteiger partial charge in [-0.2, -0.15) is 0 Å². The van der Waals surface area contributed by atoms with Gasteiger partial charge in [0.15, 0.2) is 0 Å². The van der Waals surface area contributed by atoms with Crippen molar-refractivity contribution in [3.63, 3.8) is 0 Å². The number of fused-ring (bicyclic) bond motifs is 1. The number of morpholine rings is 1. The monoisotopic (exact) mass is 383 g/mol. The van der Waals surface area contributed by atoms with Crippen LogP contribution in [0.25, 0.3) is 10.8 Å². The molecule has 28 heavy (non-hydrogen) atoms. The zero-order valence-corrected chi connectivity index (χ0v) is 16.6. The van der Waals surface area contributed by atoms with Crippen LogP contribution in [0.3, 0.4) is 0 Å². The Balaban J connectivity index is 1.49. The van der Waals surface area contributed by atoms with Crippen LogP contribution in [0, 0.1) is 11.8 Å². The second kappa shape index (κ2) is 8.15. The molecule has 2 aliphatic heterocycles. The largest absolute Gasteiger partial charge is 0.396 e. The van der Waals surface area contributed by atoms with E-state index in [9.17, 15) is 9.90 Å². The highest BCUT2D eigenvalue weighted by Crippen LogP contribution is 2.28. The Labute approximate surface area is 166 Å². The highest BCUT2D eigenvalue weighted by atomic mass is 16.5. The maximum atomic E-state index is 13.3. The lowest BCUT2D eigenvalue weighted by Crippen LogP contribution is -2.48. The van der Waals surface area contributed by atoms with E-state index in [-0.39, 0.29) is 36.6 Å². The number of nitrogens with zero attached hydrogens (tertiary/aromatic N) is 3. The maximum absolute atomic E-state index is 13.3. The molecule has 0 radical (unpaired) electrons. The van der Waals surface area contributed by atoms with Crippen molar-refractivity contribution in [2.75, 3.05) is 39.3 Å². The van der Waals surface area contributed by atoms with Crippen LogP contribution in [0.1, 0.15) is 24.2 Å². The molecule has 0 saturated carbocycles. The van der Waals surface area contributed by atoms with Gasteiger partial charge in [-0.25, -0.2) is 0 Å². The topological polar surface area (TPSA) is 65.9 Å². The summed E-state index contributed by atoms with van der Waals surface area (Å²) in [6, 6.07) is 7.67. The number of benzene rings is 1. The minimum Gasteiger partial charge on any atom is -0.396 e. The van der Waals surface area contributed by atoms with E-state index in [1.807, 2.05) is 29.2 Å². The van der Waals surface area contributed by atoms with Crippen molar-refractivity contribution in [1.82, 2.24) is 14.8 Å². The molecule has 2 aliphatic rings. The first-order valence-corrected chi connectivity index (χ1v) is 10.2. The second-order valence-electron chi connectivity index (χ2n) is 8.29. The number of hydrogen-bond acceptors (Lipinski definition) is 5. The Bertz CT molecular complexity index is 827. The molecule has 3 heterocycles. The molecular weight excluding hydrogens is 354 g/mol. The van der Waals surface area contributed by atoms with Crippen LogP contribution in [-0.4, -0.2) is 77.3 Å². The molecule has 1 aromatic heterocycles. The summed E-state index contributed by atoms with van der Waals surface area (Å²) in [6.07, 6.45) is 3.96. The number of likely N-dealkylation sites (tertiary alicyclic amines) is 1. The van der Waals surface area contributed by atoms with E-state index >= 15 is 0 Å². The summed E-state index contributed by atoms with van der Waals surface area (Å²) in [5.41, 5.74) is 0.714. The van der Waals surface area contributed by atoms with Gasteiger partial charge >= 0.3 is 0 Å². The molecule has 0 aliphatic carbocycles. The van der Waals surface area contributed by atoms with Gasteiger partial charge in [-0.15, -0.1) is 0 Å². The van der Waals surface area contributed by atoms with Gasteiger partial charge in [-0.05, 0) is 37.3 Å². The Morgan fingerprint density at radius 3 is 2.64 bits per heavy atom. The van der Waals surface area contributed by atoms with Gasteiger partial charge < -0.3 is 14.7 Å². The highest BCUT2D eigenvalue weighted by Gasteiger charge is 2.37. The van der Waals surface area contributed by atoms with Crippen LogP contribution in [-0.2, 0) is 4.74 Å². The number of carbonyl (C=O) groups is 1. The van der Waals surface area contributed by atoms with Gasteiger partial charge in [0.1, 0.15) is 0 Å². The Morgan fingerprint density at radius 2 is 1.89 bits per heavy atom. The normalized spacial score (nSPS) is 28.8. The summed E-state index contributed by atoms with van der Waals surface area (Å²) >= 11 is 0. The van der Waals surface area contributed by atoms with Crippen molar-refractivity contribution < 1.29 is 14.6 Å². The average molecular weight is 383 g/mol. The summed E-state index contributed by atoms with van der Waals surface area (Å²) in [7, 11) is 0. The minimum absolute atomic E-state index is 0.0430. The lowest BCUT2D eigenvalue weighted by atomic mass is 9.96. The standard InChI is InChI=1S/C22H29N3O3/c1-15-9-24(10-16(2)28-15)11-18-12-25(13-19(18)14-26)22(27)21-5-3-4-17-8-23-7-6-20(17)21/h3-8,15-16,18-19,26H,9-14H2,1-2H3/t15-,16+,18-,19-/m1/s1. The van der Waals surface area contributed by atoms with Gasteiger partial charge in [0.25, 0.3) is 5.91 Å². The van der Waals surface area contributed by atoms with E-state index in [1.54, 1.807) is 12.4 Å². The summed E-state index contributed by atoms with van der Waals surface area (Å²) in [5, 5.41) is 11.8. The Morgan fingerprint density at radius 1 is 1.14 bits per heavy atom. The van der Waals surface area contributed by atoms with Crippen LogP contribution in [0.2, 0.25) is 0 Å². The quantitative estimate of drug-likeness (QED) is 0.875. The third-order valence-corrected chi connectivity index (χ3v) is 6.00. The van der Waals surface area contributed by atoms with E-state index in [0.29, 0.717) is 18.7 Å². The number of aliphatic hydroxyl groups is 1. The van der Waals surface area contributed by atoms with Crippen molar-refractivity contribution in [2.24, 2.45) is 11.8 Å². The fourth-order valence-corrected chi connectivity index (χ4v) is 4.76. The van der Waals surface area contributed by atoms with Crippen LogP contribution in [0.4, 0.5) is 0 Å². The van der Waals surface area contributed by atoms with Gasteiger partial charge in [-0.3, -0.25) is 14.7 Å². The zero-order valence-electron chi connectivity index (χ0n) is 16.6. The first-order chi connectivity index (χ1) is 13.5. The number of aliphatic hydroxyl groups excluding tert-OH is 1. The number of carbonyl (C=O) groups excluding carboxylic acids is 1. The van der Waals surface area contributed by atoms with Gasteiger partial charge in [0.2, 0.25) is 0 Å². The second-order valence-corrected chi connectivity index (χ2v) is 8.29. The fourth-order valence-electron chi connectivity index (χ4n) is 4.76. The summed E-state index contributed by atoms with van der Waals surface area (Å²) in [6.45, 7) is 8.32. The average Bonchev–Trinajstić information content (AvgIpc) is 3.09. The number of ether oxygens (including phenoxy) is 1. The molecule has 1 amide bonds. The molecule has 2 saturated heterocycles. The van der Waals surface area contributed by atoms with Crippen molar-refractivity contribution >= 4 is 16.7 Å². The molecule has 1 N–H and O–H groups in total. The summed E-state index contributed by atoms with van der Waals surface area (Å²) in [5.74, 6) is 0.443. The van der Waals surface area contributed by atoms with E-state index in [1.165, 1.54) is 0 Å². The first-order valence-electron chi connectivity index (χ1n) is 10.2. The molecular formula is C22H29N3O3. The van der Waals surface area contributed by atoms with Crippen LogP contribution in [0.5, 0.6) is 0 Å². The van der Waals surface area contributed by atoms with Crippen molar-refractivity contribution in [1.29, 1.82) is 0 Å². The molecule has 0 unspecified atom stereocenters. The lowest BCUT2D eigenvalue weighted by molar-refractivity contribution is -0.0726. The number of aromatic nitrogens is 1. The molecule has 2 fully saturated rings. The van der Waals surface area contributed by atoms with Gasteiger partial charge in [0.05, 0.1) is 12.2 Å². The van der Waals surface area contributed by atoms with Gasteiger partial charge in [0, 0.05) is 68.6 Å². The molecule has 6 nitrogen and oxygen atoms in total. The molecule has 0 spiro atoms. The number of pyridine rings is 1. The predicted octanol–water partition coefficient (Wildman–Crippen LogP) is 2.02. The molecule has 6 heteroatoms. The van der Waals surface area contributed by atoms with Crippen LogP contribution < -0.4 is 0 Å². The lowest BCUT2D eigenvalue weighted by Gasteiger charge is -2.37. The fraction of sp³-hybridized carbons (Fsp3) is 0.545. The number of hydrogen-bond donors (Lipinski definition) is 1. The Kier molecular flexibility index (Phi) is 5.62. The van der Waals surface area contributed by atoms with Crippen molar-refractivity contribution in [3.8, 4) is 0 Å². The number of amides is 1. The maximum Gasteiger partial charge on any atom is 0.254 e. The van der Waals surface area contributed by atoms with E-state index in [2.05, 4.69) is 23.7 Å². The smallest absolute Gasteiger partial charge is 0.254 e. The van der Waals surface area contributed by atoms with E-state index in [0.717, 1.165) is 30.4 Å². The highest BCUT2D eigenvalue weighted by molar-refractivity contribution is 6.06.